The van der Waals surface area contributed by atoms with Gasteiger partial charge < -0.3 is 15.0 Å². The van der Waals surface area contributed by atoms with Crippen molar-refractivity contribution in [2.75, 3.05) is 6.54 Å². The smallest absolute Gasteiger partial charge is 0.400 e. The fourth-order valence-electron chi connectivity index (χ4n) is 2.18. The average Bonchev–Trinajstić information content (AvgIpc) is 2.59. The molecule has 21 heavy (non-hydrogen) atoms. The molecule has 0 amide bonds. The topological polar surface area (TPSA) is 44.5 Å². The zero-order valence-corrected chi connectivity index (χ0v) is 15.0. The first-order valence-electron chi connectivity index (χ1n) is 7.18. The number of halogens is 1. The molecule has 0 aromatic heterocycles. The van der Waals surface area contributed by atoms with E-state index in [0.717, 1.165) is 15.5 Å². The maximum absolute atomic E-state index is 6.08. The molecule has 2 rings (SSSR count). The van der Waals surface area contributed by atoms with Gasteiger partial charge in [0.05, 0.1) is 11.2 Å². The molecule has 1 heterocycles. The third kappa shape index (κ3) is 3.42. The minimum Gasteiger partial charge on any atom is -0.400 e. The monoisotopic (exact) mass is 351 g/mol. The lowest BCUT2D eigenvalue weighted by atomic mass is 9.77. The molecule has 114 valence electrons. The Morgan fingerprint density at radius 2 is 1.81 bits per heavy atom. The quantitative estimate of drug-likeness (QED) is 0.844. The largest absolute Gasteiger partial charge is 0.491 e. The van der Waals surface area contributed by atoms with E-state index < -0.39 is 7.12 Å². The Bertz CT molecular complexity index is 553. The Hall–Kier alpha value is -0.615. The van der Waals surface area contributed by atoms with E-state index in [0.29, 0.717) is 6.54 Å². The molecule has 2 N–H and O–H groups in total. The molecule has 1 aromatic rings. The van der Waals surface area contributed by atoms with Crippen LogP contribution in [-0.4, -0.2) is 24.9 Å². The molecule has 0 saturated carbocycles. The van der Waals surface area contributed by atoms with E-state index in [1.165, 1.54) is 5.56 Å². The van der Waals surface area contributed by atoms with Gasteiger partial charge in [-0.05, 0) is 63.4 Å². The van der Waals surface area contributed by atoms with Crippen molar-refractivity contribution in [2.24, 2.45) is 5.73 Å². The molecule has 0 bridgehead atoms. The number of nitrogens with two attached hydrogens (primary N) is 1. The van der Waals surface area contributed by atoms with Crippen molar-refractivity contribution in [1.29, 1.82) is 0 Å². The first-order valence-corrected chi connectivity index (χ1v) is 7.98. The zero-order chi connectivity index (χ0) is 15.8. The standard InChI is InChI=1S/C16H23BBrNO2/c1-11-6-7-14(18)9-12(11)8-13(10-19)17-20-15(2,3)16(4,5)21-17/h6-9H,10,19H2,1-5H3. The molecule has 0 atom stereocenters. The summed E-state index contributed by atoms with van der Waals surface area (Å²) in [6.07, 6.45) is 2.07. The van der Waals surface area contributed by atoms with E-state index in [2.05, 4.69) is 41.1 Å². The number of hydrogen-bond acceptors (Lipinski definition) is 3. The Balaban J connectivity index is 2.33. The van der Waals surface area contributed by atoms with Crippen LogP contribution in [0.15, 0.2) is 28.1 Å². The van der Waals surface area contributed by atoms with Crippen molar-refractivity contribution in [2.45, 2.75) is 45.8 Å². The van der Waals surface area contributed by atoms with Crippen LogP contribution >= 0.6 is 15.9 Å². The molecule has 3 nitrogen and oxygen atoms in total. The van der Waals surface area contributed by atoms with Crippen LogP contribution in [0.1, 0.15) is 38.8 Å². The normalized spacial score (nSPS) is 20.9. The molecule has 1 aliphatic heterocycles. The molecule has 0 aliphatic carbocycles. The maximum Gasteiger partial charge on any atom is 0.491 e. The van der Waals surface area contributed by atoms with Crippen molar-refractivity contribution in [3.63, 3.8) is 0 Å². The summed E-state index contributed by atoms with van der Waals surface area (Å²) in [5, 5.41) is 0. The van der Waals surface area contributed by atoms with Gasteiger partial charge in [-0.2, -0.15) is 0 Å². The van der Waals surface area contributed by atoms with Crippen LogP contribution in [0, 0.1) is 6.92 Å². The summed E-state index contributed by atoms with van der Waals surface area (Å²) in [6, 6.07) is 6.19. The Labute approximate surface area is 136 Å². The minimum absolute atomic E-state index is 0.349. The Morgan fingerprint density at radius 3 is 2.33 bits per heavy atom. The van der Waals surface area contributed by atoms with Gasteiger partial charge in [0.15, 0.2) is 0 Å². The van der Waals surface area contributed by atoms with Crippen LogP contribution < -0.4 is 5.73 Å². The second-order valence-corrected chi connectivity index (χ2v) is 7.43. The van der Waals surface area contributed by atoms with E-state index in [1.54, 1.807) is 0 Å². The van der Waals surface area contributed by atoms with Crippen molar-refractivity contribution >= 4 is 29.1 Å². The fraction of sp³-hybridized carbons (Fsp3) is 0.500. The van der Waals surface area contributed by atoms with Gasteiger partial charge in [-0.15, -0.1) is 0 Å². The van der Waals surface area contributed by atoms with Crippen LogP contribution in [0.5, 0.6) is 0 Å². The number of hydrogen-bond donors (Lipinski definition) is 1. The van der Waals surface area contributed by atoms with Gasteiger partial charge in [0.25, 0.3) is 0 Å². The second kappa shape index (κ2) is 5.88. The van der Waals surface area contributed by atoms with E-state index in [-0.39, 0.29) is 11.2 Å². The molecule has 0 unspecified atom stereocenters. The van der Waals surface area contributed by atoms with E-state index in [1.807, 2.05) is 33.8 Å². The van der Waals surface area contributed by atoms with Gasteiger partial charge in [0.1, 0.15) is 0 Å². The van der Waals surface area contributed by atoms with Crippen molar-refractivity contribution in [3.8, 4) is 0 Å². The molecule has 1 fully saturated rings. The van der Waals surface area contributed by atoms with Gasteiger partial charge in [0.2, 0.25) is 0 Å². The Morgan fingerprint density at radius 1 is 1.24 bits per heavy atom. The first-order chi connectivity index (χ1) is 9.66. The lowest BCUT2D eigenvalue weighted by molar-refractivity contribution is 0.00578. The summed E-state index contributed by atoms with van der Waals surface area (Å²) in [4.78, 5) is 0. The summed E-state index contributed by atoms with van der Waals surface area (Å²) in [6.45, 7) is 10.7. The molecular weight excluding hydrogens is 329 g/mol. The van der Waals surface area contributed by atoms with Crippen LogP contribution in [0.4, 0.5) is 0 Å². The molecule has 0 radical (unpaired) electrons. The van der Waals surface area contributed by atoms with Crippen LogP contribution in [0.3, 0.4) is 0 Å². The van der Waals surface area contributed by atoms with Gasteiger partial charge in [-0.1, -0.05) is 28.1 Å². The maximum atomic E-state index is 6.08. The van der Waals surface area contributed by atoms with Gasteiger partial charge >= 0.3 is 7.12 Å². The highest BCUT2D eigenvalue weighted by molar-refractivity contribution is 9.10. The van der Waals surface area contributed by atoms with Crippen LogP contribution in [0.25, 0.3) is 6.08 Å². The minimum atomic E-state index is -0.390. The summed E-state index contributed by atoms with van der Waals surface area (Å²) in [5.74, 6) is 0. The summed E-state index contributed by atoms with van der Waals surface area (Å²) >= 11 is 3.50. The molecule has 5 heteroatoms. The Kier molecular flexibility index (Phi) is 4.69. The third-order valence-electron chi connectivity index (χ3n) is 4.37. The molecule has 1 aliphatic rings. The molecule has 1 aromatic carbocycles. The highest BCUT2D eigenvalue weighted by Gasteiger charge is 2.52. The van der Waals surface area contributed by atoms with Crippen LogP contribution in [0.2, 0.25) is 0 Å². The molecule has 1 saturated heterocycles. The average molecular weight is 352 g/mol. The van der Waals surface area contributed by atoms with Gasteiger partial charge in [-0.25, -0.2) is 0 Å². The number of benzene rings is 1. The fourth-order valence-corrected chi connectivity index (χ4v) is 2.56. The van der Waals surface area contributed by atoms with Crippen molar-refractivity contribution in [3.05, 3.63) is 39.3 Å². The summed E-state index contributed by atoms with van der Waals surface area (Å²) in [5.41, 5.74) is 8.50. The lowest BCUT2D eigenvalue weighted by Crippen LogP contribution is -2.41. The SMILES string of the molecule is Cc1ccc(Br)cc1C=C(CN)B1OC(C)(C)C(C)(C)O1. The van der Waals surface area contributed by atoms with Crippen LogP contribution in [-0.2, 0) is 9.31 Å². The number of rotatable bonds is 3. The van der Waals surface area contributed by atoms with Gasteiger partial charge in [-0.3, -0.25) is 0 Å². The highest BCUT2D eigenvalue weighted by Crippen LogP contribution is 2.38. The van der Waals surface area contributed by atoms with E-state index in [9.17, 15) is 0 Å². The highest BCUT2D eigenvalue weighted by atomic mass is 79.9. The predicted molar refractivity (Wildman–Crippen MR) is 92.0 cm³/mol. The predicted octanol–water partition coefficient (Wildman–Crippen LogP) is 3.73. The lowest BCUT2D eigenvalue weighted by Gasteiger charge is -2.32. The number of aryl methyl sites for hydroxylation is 1. The summed E-state index contributed by atoms with van der Waals surface area (Å²) < 4.78 is 13.2. The van der Waals surface area contributed by atoms with Gasteiger partial charge in [0, 0.05) is 11.0 Å². The molecular formula is C16H23BBrNO2. The first kappa shape index (κ1) is 16.8. The zero-order valence-electron chi connectivity index (χ0n) is 13.4. The van der Waals surface area contributed by atoms with Crippen molar-refractivity contribution in [1.82, 2.24) is 0 Å². The van der Waals surface area contributed by atoms with E-state index >= 15 is 0 Å². The van der Waals surface area contributed by atoms with Crippen molar-refractivity contribution < 1.29 is 9.31 Å². The summed E-state index contributed by atoms with van der Waals surface area (Å²) in [7, 11) is -0.390. The van der Waals surface area contributed by atoms with E-state index in [4.69, 9.17) is 15.0 Å². The molecule has 0 spiro atoms. The third-order valence-corrected chi connectivity index (χ3v) is 4.87. The second-order valence-electron chi connectivity index (χ2n) is 6.51.